The van der Waals surface area contributed by atoms with Gasteiger partial charge in [0.05, 0.1) is 23.5 Å². The van der Waals surface area contributed by atoms with E-state index in [-0.39, 0.29) is 5.60 Å². The average molecular weight is 355 g/mol. The number of guanidine groups is 1. The molecule has 0 amide bonds. The van der Waals surface area contributed by atoms with E-state index >= 15 is 0 Å². The Bertz CT molecular complexity index is 746. The third-order valence-corrected chi connectivity index (χ3v) is 4.64. The summed E-state index contributed by atoms with van der Waals surface area (Å²) >= 11 is 0. The van der Waals surface area contributed by atoms with Crippen molar-refractivity contribution < 1.29 is 4.74 Å². The molecule has 1 aromatic carbocycles. The number of aromatic nitrogens is 2. The fourth-order valence-corrected chi connectivity index (χ4v) is 3.17. The summed E-state index contributed by atoms with van der Waals surface area (Å²) in [4.78, 5) is 4.77. The van der Waals surface area contributed by atoms with Gasteiger partial charge in [0, 0.05) is 25.9 Å². The van der Waals surface area contributed by atoms with Crippen molar-refractivity contribution in [2.75, 3.05) is 19.7 Å². The van der Waals surface area contributed by atoms with Gasteiger partial charge in [0.15, 0.2) is 5.96 Å². The molecule has 2 N–H and O–H groups in total. The lowest BCUT2D eigenvalue weighted by Crippen LogP contribution is -2.45. The Hall–Kier alpha value is -2.34. The molecule has 0 aliphatic carbocycles. The van der Waals surface area contributed by atoms with Gasteiger partial charge in [-0.05, 0) is 51.3 Å². The van der Waals surface area contributed by atoms with Gasteiger partial charge in [-0.3, -0.25) is 0 Å². The number of aryl methyl sites for hydroxylation is 1. The molecule has 2 aromatic rings. The summed E-state index contributed by atoms with van der Waals surface area (Å²) in [5, 5.41) is 11.3. The molecular formula is C20H29N5O. The molecule has 1 aliphatic heterocycles. The smallest absolute Gasteiger partial charge is 0.191 e. The van der Waals surface area contributed by atoms with Crippen LogP contribution in [0.25, 0.3) is 5.69 Å². The number of nitrogens with one attached hydrogen (secondary N) is 2. The maximum atomic E-state index is 5.85. The minimum absolute atomic E-state index is 0.0965. The molecule has 1 atom stereocenters. The minimum atomic E-state index is -0.0965. The summed E-state index contributed by atoms with van der Waals surface area (Å²) in [5.74, 6) is 0.815. The summed E-state index contributed by atoms with van der Waals surface area (Å²) in [7, 11) is 0. The molecule has 6 nitrogen and oxygen atoms in total. The third-order valence-electron chi connectivity index (χ3n) is 4.64. The van der Waals surface area contributed by atoms with Crippen LogP contribution in [-0.2, 0) is 11.3 Å². The fraction of sp³-hybridized carbons (Fsp3) is 0.500. The van der Waals surface area contributed by atoms with Gasteiger partial charge in [-0.15, -0.1) is 0 Å². The molecule has 1 saturated heterocycles. The van der Waals surface area contributed by atoms with Gasteiger partial charge < -0.3 is 15.4 Å². The summed E-state index contributed by atoms with van der Waals surface area (Å²) in [5.41, 5.74) is 3.10. The lowest BCUT2D eigenvalue weighted by Gasteiger charge is -2.24. The van der Waals surface area contributed by atoms with E-state index in [0.717, 1.165) is 55.4 Å². The first-order valence-corrected chi connectivity index (χ1v) is 9.36. The predicted octanol–water partition coefficient (Wildman–Crippen LogP) is 2.80. The maximum Gasteiger partial charge on any atom is 0.191 e. The Balaban J connectivity index is 1.71. The number of nitrogens with zero attached hydrogens (tertiary/aromatic N) is 3. The number of hydrogen-bond acceptors (Lipinski definition) is 3. The van der Waals surface area contributed by atoms with E-state index in [9.17, 15) is 0 Å². The van der Waals surface area contributed by atoms with Crippen molar-refractivity contribution in [3.63, 3.8) is 0 Å². The molecule has 26 heavy (non-hydrogen) atoms. The molecule has 1 aliphatic rings. The second-order valence-corrected chi connectivity index (χ2v) is 6.98. The molecule has 140 valence electrons. The molecule has 6 heteroatoms. The number of para-hydroxylation sites is 1. The Kier molecular flexibility index (Phi) is 5.93. The fourth-order valence-electron chi connectivity index (χ4n) is 3.17. The second-order valence-electron chi connectivity index (χ2n) is 6.98. The van der Waals surface area contributed by atoms with E-state index in [1.807, 2.05) is 36.0 Å². The van der Waals surface area contributed by atoms with Crippen LogP contribution in [0.2, 0.25) is 0 Å². The number of rotatable bonds is 6. The molecule has 3 rings (SSSR count). The highest BCUT2D eigenvalue weighted by Crippen LogP contribution is 2.23. The highest BCUT2D eigenvalue weighted by atomic mass is 16.5. The number of aliphatic imine (C=N–C) groups is 1. The van der Waals surface area contributed by atoms with E-state index in [1.54, 1.807) is 0 Å². The first-order valence-electron chi connectivity index (χ1n) is 9.36. The summed E-state index contributed by atoms with van der Waals surface area (Å²) < 4.78 is 7.76. The molecule has 0 spiro atoms. The molecule has 1 fully saturated rings. The van der Waals surface area contributed by atoms with Crippen LogP contribution in [0.15, 0.2) is 41.5 Å². The van der Waals surface area contributed by atoms with Gasteiger partial charge in [-0.2, -0.15) is 5.10 Å². The SMILES string of the molecule is CCNC(=NCc1ccccc1-n1ccc(C)n1)NCC1(C)CCCO1. The molecule has 2 heterocycles. The van der Waals surface area contributed by atoms with Crippen LogP contribution >= 0.6 is 0 Å². The van der Waals surface area contributed by atoms with Crippen molar-refractivity contribution in [3.05, 3.63) is 47.8 Å². The van der Waals surface area contributed by atoms with Crippen molar-refractivity contribution >= 4 is 5.96 Å². The van der Waals surface area contributed by atoms with Crippen LogP contribution in [0.1, 0.15) is 37.9 Å². The average Bonchev–Trinajstić information content (AvgIpc) is 3.27. The number of benzene rings is 1. The Labute approximate surface area is 155 Å². The summed E-state index contributed by atoms with van der Waals surface area (Å²) in [6, 6.07) is 10.2. The van der Waals surface area contributed by atoms with Gasteiger partial charge >= 0.3 is 0 Å². The van der Waals surface area contributed by atoms with Gasteiger partial charge in [-0.25, -0.2) is 9.67 Å². The lowest BCUT2D eigenvalue weighted by atomic mass is 10.0. The first-order chi connectivity index (χ1) is 12.6. The van der Waals surface area contributed by atoms with Gasteiger partial charge in [0.2, 0.25) is 0 Å². The zero-order chi connectivity index (χ0) is 18.4. The predicted molar refractivity (Wildman–Crippen MR) is 105 cm³/mol. The molecule has 1 aromatic heterocycles. The standard InChI is InChI=1S/C20H29N5O/c1-4-21-19(23-15-20(3)11-7-13-26-20)22-14-17-8-5-6-9-18(17)25-12-10-16(2)24-25/h5-6,8-10,12H,4,7,11,13-15H2,1-3H3,(H2,21,22,23). The topological polar surface area (TPSA) is 63.5 Å². The van der Waals surface area contributed by atoms with Gasteiger partial charge in [0.1, 0.15) is 0 Å². The van der Waals surface area contributed by atoms with Crippen LogP contribution in [-0.4, -0.2) is 41.0 Å². The van der Waals surface area contributed by atoms with Crippen LogP contribution in [0.5, 0.6) is 0 Å². The monoisotopic (exact) mass is 355 g/mol. The van der Waals surface area contributed by atoms with Crippen LogP contribution in [0.3, 0.4) is 0 Å². The van der Waals surface area contributed by atoms with Crippen molar-refractivity contribution in [3.8, 4) is 5.69 Å². The third kappa shape index (κ3) is 4.64. The number of hydrogen-bond donors (Lipinski definition) is 2. The van der Waals surface area contributed by atoms with Crippen molar-refractivity contribution in [2.24, 2.45) is 4.99 Å². The van der Waals surface area contributed by atoms with Gasteiger partial charge in [0.25, 0.3) is 0 Å². The van der Waals surface area contributed by atoms with E-state index in [0.29, 0.717) is 6.54 Å². The van der Waals surface area contributed by atoms with Gasteiger partial charge in [-0.1, -0.05) is 18.2 Å². The Morgan fingerprint density at radius 2 is 2.15 bits per heavy atom. The zero-order valence-corrected chi connectivity index (χ0v) is 16.0. The van der Waals surface area contributed by atoms with Crippen molar-refractivity contribution in [1.29, 1.82) is 0 Å². The van der Waals surface area contributed by atoms with E-state index < -0.39 is 0 Å². The molecule has 0 radical (unpaired) electrons. The number of ether oxygens (including phenoxy) is 1. The molecular weight excluding hydrogens is 326 g/mol. The van der Waals surface area contributed by atoms with Crippen LogP contribution < -0.4 is 10.6 Å². The largest absolute Gasteiger partial charge is 0.373 e. The Morgan fingerprint density at radius 3 is 2.85 bits per heavy atom. The highest BCUT2D eigenvalue weighted by Gasteiger charge is 2.29. The normalized spacial score (nSPS) is 20.3. The molecule has 1 unspecified atom stereocenters. The zero-order valence-electron chi connectivity index (χ0n) is 16.0. The summed E-state index contributed by atoms with van der Waals surface area (Å²) in [6.45, 7) is 9.25. The Morgan fingerprint density at radius 1 is 1.31 bits per heavy atom. The minimum Gasteiger partial charge on any atom is -0.373 e. The van der Waals surface area contributed by atoms with Crippen molar-refractivity contribution in [2.45, 2.75) is 45.8 Å². The maximum absolute atomic E-state index is 5.85. The molecule has 0 saturated carbocycles. The molecule has 0 bridgehead atoms. The van der Waals surface area contributed by atoms with Crippen molar-refractivity contribution in [1.82, 2.24) is 20.4 Å². The highest BCUT2D eigenvalue weighted by molar-refractivity contribution is 5.79. The second kappa shape index (κ2) is 8.36. The van der Waals surface area contributed by atoms with E-state index in [4.69, 9.17) is 9.73 Å². The van der Waals surface area contributed by atoms with Crippen LogP contribution in [0.4, 0.5) is 0 Å². The summed E-state index contributed by atoms with van der Waals surface area (Å²) in [6.07, 6.45) is 4.20. The van der Waals surface area contributed by atoms with Crippen LogP contribution in [0, 0.1) is 6.92 Å². The lowest BCUT2D eigenvalue weighted by molar-refractivity contribution is 0.0243. The first kappa shape index (κ1) is 18.5. The quantitative estimate of drug-likeness (QED) is 0.618. The van der Waals surface area contributed by atoms with E-state index in [1.165, 1.54) is 0 Å². The van der Waals surface area contributed by atoms with E-state index in [2.05, 4.69) is 41.7 Å².